The van der Waals surface area contributed by atoms with Crippen molar-refractivity contribution in [1.29, 1.82) is 0 Å². The zero-order valence-electron chi connectivity index (χ0n) is 12.7. The van der Waals surface area contributed by atoms with Gasteiger partial charge in [0.1, 0.15) is 0 Å². The van der Waals surface area contributed by atoms with Gasteiger partial charge in [-0.15, -0.1) is 0 Å². The fourth-order valence-corrected chi connectivity index (χ4v) is 2.66. The van der Waals surface area contributed by atoms with Crippen LogP contribution in [0.25, 0.3) is 0 Å². The van der Waals surface area contributed by atoms with Gasteiger partial charge in [0, 0.05) is 32.0 Å². The lowest BCUT2D eigenvalue weighted by atomic mass is 10.0. The second-order valence-electron chi connectivity index (χ2n) is 5.94. The number of hydrogen-bond acceptors (Lipinski definition) is 3. The van der Waals surface area contributed by atoms with E-state index in [1.165, 1.54) is 12.8 Å². The number of nitrogens with one attached hydrogen (secondary N) is 1. The quantitative estimate of drug-likeness (QED) is 0.714. The first kappa shape index (κ1) is 17.0. The second-order valence-corrected chi connectivity index (χ2v) is 5.94. The largest absolute Gasteiger partial charge is 0.481 e. The minimum atomic E-state index is -0.838. The van der Waals surface area contributed by atoms with Crippen molar-refractivity contribution in [2.45, 2.75) is 58.4 Å². The summed E-state index contributed by atoms with van der Waals surface area (Å²) < 4.78 is 0. The van der Waals surface area contributed by atoms with Crippen LogP contribution >= 0.6 is 0 Å². The lowest BCUT2D eigenvalue weighted by Gasteiger charge is -2.32. The molecule has 0 saturated carbocycles. The number of carboxylic acid groups (broad SMARTS) is 1. The van der Waals surface area contributed by atoms with Crippen molar-refractivity contribution in [2.24, 2.45) is 5.92 Å². The third-order valence-corrected chi connectivity index (χ3v) is 3.84. The highest BCUT2D eigenvalue weighted by Crippen LogP contribution is 2.13. The van der Waals surface area contributed by atoms with Crippen molar-refractivity contribution in [1.82, 2.24) is 10.2 Å². The highest BCUT2D eigenvalue weighted by atomic mass is 16.4. The van der Waals surface area contributed by atoms with Gasteiger partial charge in [0.25, 0.3) is 0 Å². The van der Waals surface area contributed by atoms with Crippen LogP contribution in [0.4, 0.5) is 0 Å². The maximum Gasteiger partial charge on any atom is 0.303 e. The van der Waals surface area contributed by atoms with Gasteiger partial charge in [-0.2, -0.15) is 0 Å². The molecule has 1 aliphatic rings. The number of carbonyl (C=O) groups excluding carboxylic acids is 1. The van der Waals surface area contributed by atoms with E-state index >= 15 is 0 Å². The summed E-state index contributed by atoms with van der Waals surface area (Å²) in [7, 11) is 0. The molecular formula is C15H28N2O3. The number of carbonyl (C=O) groups is 2. The zero-order chi connectivity index (χ0) is 15.0. The molecule has 0 aromatic rings. The maximum absolute atomic E-state index is 11.8. The molecular weight excluding hydrogens is 256 g/mol. The number of nitrogens with zero attached hydrogens (tertiary/aromatic N) is 1. The van der Waals surface area contributed by atoms with Crippen LogP contribution in [0.5, 0.6) is 0 Å². The summed E-state index contributed by atoms with van der Waals surface area (Å²) in [6, 6.07) is 0.261. The maximum atomic E-state index is 11.8. The Hall–Kier alpha value is -1.10. The number of amides is 1. The Morgan fingerprint density at radius 2 is 1.95 bits per heavy atom. The molecule has 2 N–H and O–H groups in total. The van der Waals surface area contributed by atoms with Crippen LogP contribution in [0.3, 0.4) is 0 Å². The SMILES string of the molecule is CCCCN1CCC(NC(=O)CC(C)CC(=O)O)CC1. The summed E-state index contributed by atoms with van der Waals surface area (Å²) in [4.78, 5) is 24.9. The molecule has 0 aromatic carbocycles. The van der Waals surface area contributed by atoms with Crippen LogP contribution in [0, 0.1) is 5.92 Å². The summed E-state index contributed by atoms with van der Waals surface area (Å²) in [5.41, 5.74) is 0. The Kier molecular flexibility index (Phi) is 7.59. The van der Waals surface area contributed by atoms with Crippen molar-refractivity contribution < 1.29 is 14.7 Å². The number of rotatable bonds is 8. The fraction of sp³-hybridized carbons (Fsp3) is 0.867. The van der Waals surface area contributed by atoms with Gasteiger partial charge in [-0.1, -0.05) is 20.3 Å². The van der Waals surface area contributed by atoms with E-state index < -0.39 is 5.97 Å². The first-order valence-electron chi connectivity index (χ1n) is 7.74. The van der Waals surface area contributed by atoms with Gasteiger partial charge in [0.05, 0.1) is 0 Å². The summed E-state index contributed by atoms with van der Waals surface area (Å²) in [5, 5.41) is 11.7. The van der Waals surface area contributed by atoms with Crippen molar-refractivity contribution in [2.75, 3.05) is 19.6 Å². The predicted molar refractivity (Wildman–Crippen MR) is 78.5 cm³/mol. The molecule has 20 heavy (non-hydrogen) atoms. The van der Waals surface area contributed by atoms with Gasteiger partial charge < -0.3 is 15.3 Å². The molecule has 0 spiro atoms. The van der Waals surface area contributed by atoms with Gasteiger partial charge >= 0.3 is 5.97 Å². The van der Waals surface area contributed by atoms with Gasteiger partial charge in [-0.25, -0.2) is 0 Å². The first-order valence-corrected chi connectivity index (χ1v) is 7.74. The number of carboxylic acids is 1. The van der Waals surface area contributed by atoms with Gasteiger partial charge in [0.2, 0.25) is 5.91 Å². The standard InChI is InChI=1S/C15H28N2O3/c1-3-4-7-17-8-5-13(6-9-17)16-14(18)10-12(2)11-15(19)20/h12-13H,3-11H2,1-2H3,(H,16,18)(H,19,20). The molecule has 1 atom stereocenters. The van der Waals surface area contributed by atoms with E-state index in [4.69, 9.17) is 5.11 Å². The monoisotopic (exact) mass is 284 g/mol. The summed E-state index contributed by atoms with van der Waals surface area (Å²) in [6.45, 7) is 7.27. The summed E-state index contributed by atoms with van der Waals surface area (Å²) >= 11 is 0. The zero-order valence-corrected chi connectivity index (χ0v) is 12.7. The fourth-order valence-electron chi connectivity index (χ4n) is 2.66. The van der Waals surface area contributed by atoms with Crippen LogP contribution in [0.1, 0.15) is 52.4 Å². The predicted octanol–water partition coefficient (Wildman–Crippen LogP) is 1.87. The molecule has 116 valence electrons. The summed E-state index contributed by atoms with van der Waals surface area (Å²) in [5.74, 6) is -0.947. The van der Waals surface area contributed by atoms with E-state index in [9.17, 15) is 9.59 Å². The number of hydrogen-bond donors (Lipinski definition) is 2. The average Bonchev–Trinajstić information content (AvgIpc) is 2.36. The normalized spacial score (nSPS) is 18.7. The molecule has 1 heterocycles. The molecule has 1 rings (SSSR count). The smallest absolute Gasteiger partial charge is 0.303 e. The average molecular weight is 284 g/mol. The number of likely N-dealkylation sites (tertiary alicyclic amines) is 1. The minimum absolute atomic E-state index is 0.00856. The van der Waals surface area contributed by atoms with Crippen molar-refractivity contribution in [3.05, 3.63) is 0 Å². The van der Waals surface area contributed by atoms with Crippen LogP contribution < -0.4 is 5.32 Å². The molecule has 1 fully saturated rings. The summed E-state index contributed by atoms with van der Waals surface area (Å²) in [6.07, 6.45) is 4.83. The lowest BCUT2D eigenvalue weighted by molar-refractivity contribution is -0.138. The molecule has 1 amide bonds. The van der Waals surface area contributed by atoms with Crippen LogP contribution in [0.15, 0.2) is 0 Å². The molecule has 0 aromatic heterocycles. The number of unbranched alkanes of at least 4 members (excludes halogenated alkanes) is 1. The van der Waals surface area contributed by atoms with E-state index in [0.29, 0.717) is 6.42 Å². The second kappa shape index (κ2) is 8.95. The third-order valence-electron chi connectivity index (χ3n) is 3.84. The number of piperidine rings is 1. The van der Waals surface area contributed by atoms with Gasteiger partial charge in [0.15, 0.2) is 0 Å². The first-order chi connectivity index (χ1) is 9.51. The van der Waals surface area contributed by atoms with E-state index in [1.807, 2.05) is 0 Å². The molecule has 0 bridgehead atoms. The Labute approximate surface area is 121 Å². The van der Waals surface area contributed by atoms with Gasteiger partial charge in [-0.3, -0.25) is 9.59 Å². The Morgan fingerprint density at radius 1 is 1.30 bits per heavy atom. The van der Waals surface area contributed by atoms with Crippen LogP contribution in [-0.2, 0) is 9.59 Å². The van der Waals surface area contributed by atoms with E-state index in [2.05, 4.69) is 17.1 Å². The highest BCUT2D eigenvalue weighted by molar-refractivity contribution is 5.77. The van der Waals surface area contributed by atoms with E-state index in [-0.39, 0.29) is 24.3 Å². The molecule has 1 aliphatic heterocycles. The Morgan fingerprint density at radius 3 is 2.50 bits per heavy atom. The van der Waals surface area contributed by atoms with Crippen LogP contribution in [-0.4, -0.2) is 47.6 Å². The van der Waals surface area contributed by atoms with Crippen molar-refractivity contribution in [3.63, 3.8) is 0 Å². The number of aliphatic carboxylic acids is 1. The Balaban J connectivity index is 2.19. The van der Waals surface area contributed by atoms with Crippen LogP contribution in [0.2, 0.25) is 0 Å². The van der Waals surface area contributed by atoms with Crippen molar-refractivity contribution >= 4 is 11.9 Å². The molecule has 5 heteroatoms. The molecule has 5 nitrogen and oxygen atoms in total. The third kappa shape index (κ3) is 6.89. The molecule has 1 unspecified atom stereocenters. The molecule has 1 saturated heterocycles. The molecule has 0 aliphatic carbocycles. The highest BCUT2D eigenvalue weighted by Gasteiger charge is 2.21. The molecule has 0 radical (unpaired) electrons. The van der Waals surface area contributed by atoms with Crippen molar-refractivity contribution in [3.8, 4) is 0 Å². The minimum Gasteiger partial charge on any atom is -0.481 e. The van der Waals surface area contributed by atoms with Gasteiger partial charge in [-0.05, 0) is 31.7 Å². The van der Waals surface area contributed by atoms with E-state index in [0.717, 1.165) is 32.5 Å². The lowest BCUT2D eigenvalue weighted by Crippen LogP contribution is -2.45. The van der Waals surface area contributed by atoms with E-state index in [1.54, 1.807) is 6.92 Å². The topological polar surface area (TPSA) is 69.6 Å². The Bertz CT molecular complexity index is 312.